The van der Waals surface area contributed by atoms with Crippen LogP contribution in [0.2, 0.25) is 0 Å². The number of likely N-dealkylation sites (tertiary alicyclic amines) is 1. The number of ether oxygens (including phenoxy) is 1. The van der Waals surface area contributed by atoms with E-state index in [9.17, 15) is 9.59 Å². The minimum Gasteiger partial charge on any atom is -0.493 e. The van der Waals surface area contributed by atoms with Crippen molar-refractivity contribution in [3.8, 4) is 5.75 Å². The molecule has 24 heavy (non-hydrogen) atoms. The smallest absolute Gasteiger partial charge is 0.251 e. The number of amides is 2. The van der Waals surface area contributed by atoms with Gasteiger partial charge in [0.25, 0.3) is 5.91 Å². The first-order valence-electron chi connectivity index (χ1n) is 8.97. The van der Waals surface area contributed by atoms with Gasteiger partial charge in [-0.3, -0.25) is 9.59 Å². The fourth-order valence-corrected chi connectivity index (χ4v) is 3.06. The lowest BCUT2D eigenvalue weighted by molar-refractivity contribution is -0.132. The molecule has 1 aliphatic carbocycles. The largest absolute Gasteiger partial charge is 0.493 e. The van der Waals surface area contributed by atoms with E-state index in [2.05, 4.69) is 5.32 Å². The van der Waals surface area contributed by atoms with Crippen LogP contribution in [0.15, 0.2) is 24.3 Å². The summed E-state index contributed by atoms with van der Waals surface area (Å²) in [5.74, 6) is 1.37. The predicted octanol–water partition coefficient (Wildman–Crippen LogP) is 2.61. The molecule has 1 atom stereocenters. The lowest BCUT2D eigenvalue weighted by atomic mass is 9.99. The zero-order valence-electron chi connectivity index (χ0n) is 14.3. The fourth-order valence-electron chi connectivity index (χ4n) is 3.06. The third-order valence-corrected chi connectivity index (χ3v) is 4.69. The van der Waals surface area contributed by atoms with Crippen molar-refractivity contribution in [2.75, 3.05) is 19.7 Å². The van der Waals surface area contributed by atoms with E-state index in [0.717, 1.165) is 44.5 Å². The monoisotopic (exact) mass is 330 g/mol. The van der Waals surface area contributed by atoms with Crippen LogP contribution in [0.1, 0.15) is 49.4 Å². The molecular weight excluding hydrogens is 304 g/mol. The Labute approximate surface area is 143 Å². The molecule has 3 rings (SSSR count). The van der Waals surface area contributed by atoms with Gasteiger partial charge in [-0.05, 0) is 49.9 Å². The molecule has 0 radical (unpaired) electrons. The Kier molecular flexibility index (Phi) is 5.38. The normalized spacial score (nSPS) is 20.5. The number of nitrogens with one attached hydrogen (secondary N) is 1. The molecule has 1 saturated carbocycles. The molecular formula is C19H26N2O3. The van der Waals surface area contributed by atoms with Crippen LogP contribution in [0, 0.1) is 5.92 Å². The summed E-state index contributed by atoms with van der Waals surface area (Å²) in [6, 6.07) is 7.68. The predicted molar refractivity (Wildman–Crippen MR) is 92.0 cm³/mol. The van der Waals surface area contributed by atoms with E-state index in [-0.39, 0.29) is 11.8 Å². The Hall–Kier alpha value is -2.04. The van der Waals surface area contributed by atoms with E-state index < -0.39 is 0 Å². The van der Waals surface area contributed by atoms with Crippen LogP contribution in [-0.2, 0) is 4.79 Å². The summed E-state index contributed by atoms with van der Waals surface area (Å²) < 4.78 is 5.87. The van der Waals surface area contributed by atoms with Crippen LogP contribution in [0.5, 0.6) is 5.75 Å². The molecule has 1 unspecified atom stereocenters. The maximum atomic E-state index is 12.0. The van der Waals surface area contributed by atoms with Gasteiger partial charge in [-0.1, -0.05) is 6.92 Å². The van der Waals surface area contributed by atoms with Crippen LogP contribution in [-0.4, -0.2) is 42.5 Å². The van der Waals surface area contributed by atoms with Crippen molar-refractivity contribution >= 4 is 11.8 Å². The lowest BCUT2D eigenvalue weighted by Crippen LogP contribution is -2.41. The Morgan fingerprint density at radius 3 is 2.62 bits per heavy atom. The van der Waals surface area contributed by atoms with Gasteiger partial charge in [0.15, 0.2) is 0 Å². The highest BCUT2D eigenvalue weighted by Gasteiger charge is 2.24. The maximum absolute atomic E-state index is 12.0. The quantitative estimate of drug-likeness (QED) is 0.872. The molecule has 2 fully saturated rings. The van der Waals surface area contributed by atoms with Crippen molar-refractivity contribution in [3.63, 3.8) is 0 Å². The highest BCUT2D eigenvalue weighted by Crippen LogP contribution is 2.21. The molecule has 1 aliphatic heterocycles. The third-order valence-electron chi connectivity index (χ3n) is 4.69. The highest BCUT2D eigenvalue weighted by atomic mass is 16.5. The number of carbonyl (C=O) groups is 2. The standard InChI is InChI=1S/C19H26N2O3/c1-2-18(22)21-11-3-4-14(12-21)13-24-17-9-5-15(6-10-17)19(23)20-16-7-8-16/h5-6,9-10,14,16H,2-4,7-8,11-13H2,1H3,(H,20,23). The second-order valence-electron chi connectivity index (χ2n) is 6.78. The number of benzene rings is 1. The molecule has 1 N–H and O–H groups in total. The van der Waals surface area contributed by atoms with E-state index in [0.29, 0.717) is 30.6 Å². The SMILES string of the molecule is CCC(=O)N1CCCC(COc2ccc(C(=O)NC3CC3)cc2)C1. The topological polar surface area (TPSA) is 58.6 Å². The fraction of sp³-hybridized carbons (Fsp3) is 0.579. The van der Waals surface area contributed by atoms with Crippen molar-refractivity contribution in [2.24, 2.45) is 5.92 Å². The molecule has 0 aromatic heterocycles. The van der Waals surface area contributed by atoms with Crippen LogP contribution in [0.4, 0.5) is 0 Å². The van der Waals surface area contributed by atoms with Crippen LogP contribution in [0.25, 0.3) is 0 Å². The molecule has 1 heterocycles. The van der Waals surface area contributed by atoms with E-state index in [1.165, 1.54) is 0 Å². The van der Waals surface area contributed by atoms with Crippen molar-refractivity contribution in [1.82, 2.24) is 10.2 Å². The first kappa shape index (κ1) is 16.8. The first-order chi connectivity index (χ1) is 11.7. The summed E-state index contributed by atoms with van der Waals surface area (Å²) in [6.45, 7) is 4.17. The average molecular weight is 330 g/mol. The summed E-state index contributed by atoms with van der Waals surface area (Å²) >= 11 is 0. The number of hydrogen-bond acceptors (Lipinski definition) is 3. The van der Waals surface area contributed by atoms with Crippen molar-refractivity contribution < 1.29 is 14.3 Å². The van der Waals surface area contributed by atoms with E-state index in [4.69, 9.17) is 4.74 Å². The first-order valence-corrected chi connectivity index (χ1v) is 8.97. The lowest BCUT2D eigenvalue weighted by Gasteiger charge is -2.32. The number of piperidine rings is 1. The zero-order valence-corrected chi connectivity index (χ0v) is 14.3. The van der Waals surface area contributed by atoms with Gasteiger partial charge in [0.1, 0.15) is 5.75 Å². The number of carbonyl (C=O) groups excluding carboxylic acids is 2. The zero-order chi connectivity index (χ0) is 16.9. The molecule has 1 saturated heterocycles. The van der Waals surface area contributed by atoms with E-state index >= 15 is 0 Å². The summed E-state index contributed by atoms with van der Waals surface area (Å²) in [5, 5.41) is 2.98. The Bertz CT molecular complexity index is 581. The van der Waals surface area contributed by atoms with E-state index in [1.54, 1.807) is 12.1 Å². The molecule has 0 bridgehead atoms. The van der Waals surface area contributed by atoms with Gasteiger partial charge in [-0.2, -0.15) is 0 Å². The molecule has 1 aromatic carbocycles. The summed E-state index contributed by atoms with van der Waals surface area (Å²) in [7, 11) is 0. The second-order valence-corrected chi connectivity index (χ2v) is 6.78. The van der Waals surface area contributed by atoms with Crippen molar-refractivity contribution in [3.05, 3.63) is 29.8 Å². The minimum atomic E-state index is -0.00921. The van der Waals surface area contributed by atoms with E-state index in [1.807, 2.05) is 24.0 Å². The molecule has 2 amide bonds. The Balaban J connectivity index is 1.47. The molecule has 1 aromatic rings. The molecule has 130 valence electrons. The van der Waals surface area contributed by atoms with Gasteiger partial charge in [-0.15, -0.1) is 0 Å². The highest BCUT2D eigenvalue weighted by molar-refractivity contribution is 5.94. The number of rotatable bonds is 6. The molecule has 0 spiro atoms. The van der Waals surface area contributed by atoms with Crippen molar-refractivity contribution in [1.29, 1.82) is 0 Å². The Morgan fingerprint density at radius 2 is 1.96 bits per heavy atom. The number of nitrogens with zero attached hydrogens (tertiary/aromatic N) is 1. The summed E-state index contributed by atoms with van der Waals surface area (Å²) in [4.78, 5) is 25.7. The molecule has 5 nitrogen and oxygen atoms in total. The molecule has 5 heteroatoms. The minimum absolute atomic E-state index is 0.00921. The van der Waals surface area contributed by atoms with Crippen molar-refractivity contribution in [2.45, 2.75) is 45.1 Å². The van der Waals surface area contributed by atoms with Crippen LogP contribution < -0.4 is 10.1 Å². The average Bonchev–Trinajstić information content (AvgIpc) is 3.44. The Morgan fingerprint density at radius 1 is 1.21 bits per heavy atom. The van der Waals surface area contributed by atoms with Gasteiger partial charge in [0.05, 0.1) is 6.61 Å². The van der Waals surface area contributed by atoms with Gasteiger partial charge < -0.3 is 15.0 Å². The summed E-state index contributed by atoms with van der Waals surface area (Å²) in [6.07, 6.45) is 4.88. The summed E-state index contributed by atoms with van der Waals surface area (Å²) in [5.41, 5.74) is 0.673. The van der Waals surface area contributed by atoms with Crippen LogP contribution in [0.3, 0.4) is 0 Å². The van der Waals surface area contributed by atoms with Crippen LogP contribution >= 0.6 is 0 Å². The third kappa shape index (κ3) is 4.49. The second kappa shape index (κ2) is 7.69. The van der Waals surface area contributed by atoms with Gasteiger partial charge in [0, 0.05) is 37.0 Å². The maximum Gasteiger partial charge on any atom is 0.251 e. The van der Waals surface area contributed by atoms with Gasteiger partial charge in [0.2, 0.25) is 5.91 Å². The number of hydrogen-bond donors (Lipinski definition) is 1. The van der Waals surface area contributed by atoms with Gasteiger partial charge in [-0.25, -0.2) is 0 Å². The molecule has 2 aliphatic rings. The van der Waals surface area contributed by atoms with Gasteiger partial charge >= 0.3 is 0 Å².